The summed E-state index contributed by atoms with van der Waals surface area (Å²) < 4.78 is 0. The number of aliphatic carboxylic acids is 1. The molecule has 2 N–H and O–H groups in total. The minimum absolute atomic E-state index is 0.433. The van der Waals surface area contributed by atoms with E-state index in [1.54, 1.807) is 6.33 Å². The number of hydrogen-bond acceptors (Lipinski definition) is 2. The van der Waals surface area contributed by atoms with Crippen molar-refractivity contribution in [3.63, 3.8) is 0 Å². The lowest BCUT2D eigenvalue weighted by Crippen LogP contribution is -2.10. The summed E-state index contributed by atoms with van der Waals surface area (Å²) in [7, 11) is 0. The number of nitrogens with zero attached hydrogens (tertiary/aromatic N) is 1. The van der Waals surface area contributed by atoms with Crippen LogP contribution in [0.4, 0.5) is 0 Å². The van der Waals surface area contributed by atoms with Crippen LogP contribution < -0.4 is 0 Å². The van der Waals surface area contributed by atoms with Crippen molar-refractivity contribution in [2.24, 2.45) is 0 Å². The van der Waals surface area contributed by atoms with Gasteiger partial charge in [0.1, 0.15) is 0 Å². The Bertz CT molecular complexity index is 490. The maximum atomic E-state index is 11.0. The van der Waals surface area contributed by atoms with Gasteiger partial charge in [0.25, 0.3) is 0 Å². The predicted octanol–water partition coefficient (Wildman–Crippen LogP) is 2.14. The Kier molecular flexibility index (Phi) is 2.41. The van der Waals surface area contributed by atoms with E-state index in [4.69, 9.17) is 5.11 Å². The fourth-order valence-corrected chi connectivity index (χ4v) is 1.72. The number of fused-ring (bicyclic) bond motifs is 1. The van der Waals surface area contributed by atoms with Crippen LogP contribution in [0.25, 0.3) is 11.0 Å². The van der Waals surface area contributed by atoms with Crippen LogP contribution in [0.1, 0.15) is 24.8 Å². The number of nitrogens with one attached hydrogen (secondary N) is 1. The lowest BCUT2D eigenvalue weighted by molar-refractivity contribution is -0.138. The van der Waals surface area contributed by atoms with Crippen LogP contribution in [0.2, 0.25) is 0 Å². The lowest BCUT2D eigenvalue weighted by Gasteiger charge is -2.09. The number of carboxylic acid groups (broad SMARTS) is 1. The van der Waals surface area contributed by atoms with E-state index in [2.05, 4.69) is 9.97 Å². The van der Waals surface area contributed by atoms with E-state index in [9.17, 15) is 4.79 Å². The summed E-state index contributed by atoms with van der Waals surface area (Å²) in [4.78, 5) is 18.0. The Labute approximate surface area is 87.0 Å². The first-order chi connectivity index (χ1) is 7.22. The van der Waals surface area contributed by atoms with E-state index in [0.717, 1.165) is 16.6 Å². The highest BCUT2D eigenvalue weighted by atomic mass is 16.4. The number of imidazole rings is 1. The van der Waals surface area contributed by atoms with Crippen LogP contribution in [-0.2, 0) is 4.79 Å². The molecule has 0 aliphatic rings. The molecule has 0 spiro atoms. The fourth-order valence-electron chi connectivity index (χ4n) is 1.72. The molecule has 0 aliphatic carbocycles. The largest absolute Gasteiger partial charge is 0.481 e. The van der Waals surface area contributed by atoms with Gasteiger partial charge in [-0.3, -0.25) is 4.79 Å². The maximum Gasteiger partial charge on any atom is 0.310 e. The normalized spacial score (nSPS) is 12.9. The van der Waals surface area contributed by atoms with E-state index in [-0.39, 0.29) is 0 Å². The zero-order valence-corrected chi connectivity index (χ0v) is 8.40. The van der Waals surface area contributed by atoms with Gasteiger partial charge in [-0.1, -0.05) is 13.0 Å². The van der Waals surface area contributed by atoms with E-state index < -0.39 is 11.9 Å². The van der Waals surface area contributed by atoms with Gasteiger partial charge in [0.05, 0.1) is 23.3 Å². The Morgan fingerprint density at radius 1 is 1.60 bits per heavy atom. The van der Waals surface area contributed by atoms with Crippen molar-refractivity contribution in [1.29, 1.82) is 0 Å². The summed E-state index contributed by atoms with van der Waals surface area (Å²) in [5.41, 5.74) is 2.56. The van der Waals surface area contributed by atoms with Crippen molar-refractivity contribution in [2.45, 2.75) is 19.3 Å². The summed E-state index contributed by atoms with van der Waals surface area (Å²) in [6.45, 7) is 1.87. The predicted molar refractivity (Wildman–Crippen MR) is 56.8 cm³/mol. The van der Waals surface area contributed by atoms with Gasteiger partial charge in [-0.25, -0.2) is 4.98 Å². The highest BCUT2D eigenvalue weighted by molar-refractivity contribution is 5.80. The van der Waals surface area contributed by atoms with Crippen LogP contribution in [0, 0.1) is 0 Å². The lowest BCUT2D eigenvalue weighted by atomic mass is 9.96. The number of carbonyl (C=O) groups is 1. The van der Waals surface area contributed by atoms with Crippen LogP contribution in [-0.4, -0.2) is 21.0 Å². The molecule has 0 saturated heterocycles. The van der Waals surface area contributed by atoms with E-state index in [1.165, 1.54) is 0 Å². The van der Waals surface area contributed by atoms with Gasteiger partial charge in [-0.15, -0.1) is 0 Å². The van der Waals surface area contributed by atoms with Crippen molar-refractivity contribution in [2.75, 3.05) is 0 Å². The SMILES string of the molecule is CCC(C(=O)O)c1ccc2nc[nH]c2c1. The molecule has 15 heavy (non-hydrogen) atoms. The maximum absolute atomic E-state index is 11.0. The molecule has 1 aromatic carbocycles. The molecular formula is C11H12N2O2. The molecule has 0 amide bonds. The number of carboxylic acids is 1. The van der Waals surface area contributed by atoms with Crippen LogP contribution in [0.5, 0.6) is 0 Å². The van der Waals surface area contributed by atoms with Crippen LogP contribution in [0.15, 0.2) is 24.5 Å². The second-order valence-electron chi connectivity index (χ2n) is 3.48. The first-order valence-electron chi connectivity index (χ1n) is 4.88. The Balaban J connectivity index is 2.46. The quantitative estimate of drug-likeness (QED) is 0.804. The summed E-state index contributed by atoms with van der Waals surface area (Å²) >= 11 is 0. The molecule has 4 heteroatoms. The molecule has 0 fully saturated rings. The summed E-state index contributed by atoms with van der Waals surface area (Å²) in [5, 5.41) is 9.02. The van der Waals surface area contributed by atoms with Crippen LogP contribution in [0.3, 0.4) is 0 Å². The molecule has 2 aromatic rings. The number of H-pyrrole nitrogens is 1. The summed E-state index contributed by atoms with van der Waals surface area (Å²) in [5.74, 6) is -1.21. The zero-order chi connectivity index (χ0) is 10.8. The van der Waals surface area contributed by atoms with Gasteiger partial charge in [0.15, 0.2) is 0 Å². The number of aromatic amines is 1. The zero-order valence-electron chi connectivity index (χ0n) is 8.40. The van der Waals surface area contributed by atoms with Gasteiger partial charge in [-0.2, -0.15) is 0 Å². The Hall–Kier alpha value is -1.84. The van der Waals surface area contributed by atoms with Crippen molar-refractivity contribution < 1.29 is 9.90 Å². The highest BCUT2D eigenvalue weighted by Crippen LogP contribution is 2.22. The number of hydrogen-bond donors (Lipinski definition) is 2. The van der Waals surface area contributed by atoms with Crippen molar-refractivity contribution >= 4 is 17.0 Å². The number of aromatic nitrogens is 2. The second kappa shape index (κ2) is 3.73. The van der Waals surface area contributed by atoms with Crippen LogP contribution >= 0.6 is 0 Å². The Morgan fingerprint density at radius 2 is 2.40 bits per heavy atom. The first kappa shape index (κ1) is 9.71. The summed E-state index contributed by atoms with van der Waals surface area (Å²) in [6, 6.07) is 5.52. The van der Waals surface area contributed by atoms with E-state index in [1.807, 2.05) is 25.1 Å². The minimum Gasteiger partial charge on any atom is -0.481 e. The molecule has 0 bridgehead atoms. The molecule has 4 nitrogen and oxygen atoms in total. The molecule has 1 heterocycles. The molecule has 1 aromatic heterocycles. The minimum atomic E-state index is -0.781. The van der Waals surface area contributed by atoms with Crippen molar-refractivity contribution in [1.82, 2.24) is 9.97 Å². The second-order valence-corrected chi connectivity index (χ2v) is 3.48. The number of rotatable bonds is 3. The van der Waals surface area contributed by atoms with Gasteiger partial charge in [0.2, 0.25) is 0 Å². The van der Waals surface area contributed by atoms with Crippen molar-refractivity contribution in [3.05, 3.63) is 30.1 Å². The van der Waals surface area contributed by atoms with Gasteiger partial charge < -0.3 is 10.1 Å². The van der Waals surface area contributed by atoms with Gasteiger partial charge >= 0.3 is 5.97 Å². The topological polar surface area (TPSA) is 66.0 Å². The molecule has 2 rings (SSSR count). The molecule has 1 unspecified atom stereocenters. The fraction of sp³-hybridized carbons (Fsp3) is 0.273. The molecule has 0 saturated carbocycles. The van der Waals surface area contributed by atoms with E-state index in [0.29, 0.717) is 6.42 Å². The molecule has 1 atom stereocenters. The number of benzene rings is 1. The highest BCUT2D eigenvalue weighted by Gasteiger charge is 2.17. The summed E-state index contributed by atoms with van der Waals surface area (Å²) in [6.07, 6.45) is 2.20. The molecule has 0 aliphatic heterocycles. The first-order valence-corrected chi connectivity index (χ1v) is 4.88. The third-order valence-corrected chi connectivity index (χ3v) is 2.55. The average molecular weight is 204 g/mol. The molecule has 78 valence electrons. The smallest absolute Gasteiger partial charge is 0.310 e. The van der Waals surface area contributed by atoms with Gasteiger partial charge in [0, 0.05) is 0 Å². The van der Waals surface area contributed by atoms with Crippen molar-refractivity contribution in [3.8, 4) is 0 Å². The standard InChI is InChI=1S/C11H12N2O2/c1-2-8(11(14)15)7-3-4-9-10(5-7)13-6-12-9/h3-6,8H,2H2,1H3,(H,12,13)(H,14,15). The monoisotopic (exact) mass is 204 g/mol. The molecule has 0 radical (unpaired) electrons. The third kappa shape index (κ3) is 1.70. The average Bonchev–Trinajstić information content (AvgIpc) is 2.65. The molecular weight excluding hydrogens is 192 g/mol. The third-order valence-electron chi connectivity index (χ3n) is 2.55. The van der Waals surface area contributed by atoms with E-state index >= 15 is 0 Å². The van der Waals surface area contributed by atoms with Gasteiger partial charge in [-0.05, 0) is 24.1 Å². The Morgan fingerprint density at radius 3 is 3.07 bits per heavy atom.